The van der Waals surface area contributed by atoms with Gasteiger partial charge in [-0.05, 0) is 29.3 Å². The van der Waals surface area contributed by atoms with Crippen LogP contribution in [0.3, 0.4) is 0 Å². The third kappa shape index (κ3) is 2.27. The molecular formula is C20H13N3. The van der Waals surface area contributed by atoms with Crippen LogP contribution in [0.25, 0.3) is 33.3 Å². The predicted molar refractivity (Wildman–Crippen MR) is 91.7 cm³/mol. The number of H-pyrrole nitrogens is 1. The van der Waals surface area contributed by atoms with Crippen LogP contribution in [0, 0.1) is 11.3 Å². The summed E-state index contributed by atoms with van der Waals surface area (Å²) in [4.78, 5) is 7.54. The summed E-state index contributed by atoms with van der Waals surface area (Å²) in [5.74, 6) is 0. The van der Waals surface area contributed by atoms with Crippen LogP contribution in [0.4, 0.5) is 0 Å². The van der Waals surface area contributed by atoms with Gasteiger partial charge in [-0.3, -0.25) is 4.98 Å². The quantitative estimate of drug-likeness (QED) is 0.579. The molecule has 1 N–H and O–H groups in total. The Morgan fingerprint density at radius 3 is 2.43 bits per heavy atom. The molecule has 0 saturated carbocycles. The molecule has 0 saturated heterocycles. The van der Waals surface area contributed by atoms with Crippen molar-refractivity contribution in [1.82, 2.24) is 9.97 Å². The summed E-state index contributed by atoms with van der Waals surface area (Å²) in [7, 11) is 0. The zero-order valence-electron chi connectivity index (χ0n) is 12.3. The van der Waals surface area contributed by atoms with Crippen molar-refractivity contribution in [2.75, 3.05) is 0 Å². The monoisotopic (exact) mass is 295 g/mol. The van der Waals surface area contributed by atoms with Crippen molar-refractivity contribution in [3.05, 3.63) is 78.6 Å². The van der Waals surface area contributed by atoms with E-state index in [1.165, 1.54) is 0 Å². The van der Waals surface area contributed by atoms with E-state index < -0.39 is 0 Å². The van der Waals surface area contributed by atoms with E-state index in [-0.39, 0.29) is 0 Å². The molecule has 4 aromatic rings. The van der Waals surface area contributed by atoms with Gasteiger partial charge in [-0.2, -0.15) is 5.26 Å². The van der Waals surface area contributed by atoms with E-state index in [1.54, 1.807) is 6.20 Å². The molecule has 2 aromatic heterocycles. The second-order valence-corrected chi connectivity index (χ2v) is 5.35. The largest absolute Gasteiger partial charge is 0.353 e. The highest BCUT2D eigenvalue weighted by atomic mass is 14.7. The maximum Gasteiger partial charge on any atom is 0.102 e. The molecule has 108 valence electrons. The molecule has 0 spiro atoms. The number of fused-ring (bicyclic) bond motifs is 1. The van der Waals surface area contributed by atoms with E-state index in [1.807, 2.05) is 66.9 Å². The Hall–Kier alpha value is -3.38. The van der Waals surface area contributed by atoms with E-state index in [0.29, 0.717) is 5.56 Å². The fourth-order valence-electron chi connectivity index (χ4n) is 2.84. The van der Waals surface area contributed by atoms with Crippen molar-refractivity contribution in [2.24, 2.45) is 0 Å². The fourth-order valence-corrected chi connectivity index (χ4v) is 2.84. The lowest BCUT2D eigenvalue weighted by Crippen LogP contribution is -1.81. The Kier molecular flexibility index (Phi) is 3.14. The number of benzene rings is 2. The lowest BCUT2D eigenvalue weighted by atomic mass is 10.0. The van der Waals surface area contributed by atoms with Gasteiger partial charge < -0.3 is 4.98 Å². The maximum absolute atomic E-state index is 9.65. The van der Waals surface area contributed by atoms with Crippen LogP contribution < -0.4 is 0 Å². The van der Waals surface area contributed by atoms with Crippen molar-refractivity contribution in [2.45, 2.75) is 0 Å². The summed E-state index contributed by atoms with van der Waals surface area (Å²) in [6.45, 7) is 0. The highest BCUT2D eigenvalue weighted by Crippen LogP contribution is 2.32. The normalized spacial score (nSPS) is 10.6. The minimum atomic E-state index is 0.678. The first-order chi connectivity index (χ1) is 11.4. The molecule has 0 aliphatic rings. The average Bonchev–Trinajstić information content (AvgIpc) is 3.01. The van der Waals surface area contributed by atoms with Gasteiger partial charge in [-0.1, -0.05) is 42.5 Å². The van der Waals surface area contributed by atoms with Crippen molar-refractivity contribution >= 4 is 10.9 Å². The number of hydrogen-bond donors (Lipinski definition) is 1. The number of aromatic amines is 1. The van der Waals surface area contributed by atoms with Crippen LogP contribution in [-0.4, -0.2) is 9.97 Å². The molecule has 0 radical (unpaired) electrons. The minimum absolute atomic E-state index is 0.678. The molecule has 0 unspecified atom stereocenters. The molecule has 0 bridgehead atoms. The molecule has 0 aliphatic heterocycles. The Labute approximate surface area is 133 Å². The number of aromatic nitrogens is 2. The first-order valence-electron chi connectivity index (χ1n) is 7.38. The number of nitriles is 1. The summed E-state index contributed by atoms with van der Waals surface area (Å²) in [5.41, 5.74) is 5.63. The van der Waals surface area contributed by atoms with Crippen LogP contribution >= 0.6 is 0 Å². The van der Waals surface area contributed by atoms with Crippen molar-refractivity contribution < 1.29 is 0 Å². The molecular weight excluding hydrogens is 282 g/mol. The van der Waals surface area contributed by atoms with Gasteiger partial charge in [0.1, 0.15) is 6.07 Å². The number of hydrogen-bond acceptors (Lipinski definition) is 2. The van der Waals surface area contributed by atoms with Crippen LogP contribution in [0.1, 0.15) is 5.56 Å². The molecule has 0 atom stereocenters. The summed E-state index contributed by atoms with van der Waals surface area (Å²) < 4.78 is 0. The topological polar surface area (TPSA) is 52.5 Å². The van der Waals surface area contributed by atoms with Crippen LogP contribution in [-0.2, 0) is 0 Å². The smallest absolute Gasteiger partial charge is 0.102 e. The summed E-state index contributed by atoms with van der Waals surface area (Å²) in [6, 6.07) is 22.3. The molecule has 23 heavy (non-hydrogen) atoms. The third-order valence-corrected chi connectivity index (χ3v) is 3.97. The molecule has 0 aliphatic carbocycles. The molecule has 3 heteroatoms. The molecule has 3 nitrogen and oxygen atoms in total. The van der Waals surface area contributed by atoms with Crippen molar-refractivity contribution in [3.8, 4) is 28.5 Å². The SMILES string of the molecule is N#Cc1c(-c2ccccc2)[nH]c2ccc(-c3cccnc3)cc12. The fraction of sp³-hybridized carbons (Fsp3) is 0. The standard InChI is InChI=1S/C20H13N3/c21-12-18-17-11-15(16-7-4-10-22-13-16)8-9-19(17)23-20(18)14-5-2-1-3-6-14/h1-11,13,23H. The number of nitrogens with one attached hydrogen (secondary N) is 1. The van der Waals surface area contributed by atoms with Gasteiger partial charge in [0, 0.05) is 28.9 Å². The Balaban J connectivity index is 1.94. The average molecular weight is 295 g/mol. The molecule has 4 rings (SSSR count). The van der Waals surface area contributed by atoms with E-state index >= 15 is 0 Å². The predicted octanol–water partition coefficient (Wildman–Crippen LogP) is 4.77. The number of rotatable bonds is 2. The zero-order valence-corrected chi connectivity index (χ0v) is 12.3. The summed E-state index contributed by atoms with van der Waals surface area (Å²) in [6.07, 6.45) is 3.59. The van der Waals surface area contributed by atoms with Gasteiger partial charge in [0.15, 0.2) is 0 Å². The summed E-state index contributed by atoms with van der Waals surface area (Å²) in [5, 5.41) is 10.6. The summed E-state index contributed by atoms with van der Waals surface area (Å²) >= 11 is 0. The number of pyridine rings is 1. The first kappa shape index (κ1) is 13.3. The Morgan fingerprint density at radius 2 is 1.70 bits per heavy atom. The number of nitrogens with zero attached hydrogens (tertiary/aromatic N) is 2. The van der Waals surface area contributed by atoms with Crippen LogP contribution in [0.5, 0.6) is 0 Å². The minimum Gasteiger partial charge on any atom is -0.353 e. The van der Waals surface area contributed by atoms with E-state index in [9.17, 15) is 5.26 Å². The van der Waals surface area contributed by atoms with E-state index in [4.69, 9.17) is 0 Å². The molecule has 2 aromatic carbocycles. The lowest BCUT2D eigenvalue weighted by Gasteiger charge is -2.01. The van der Waals surface area contributed by atoms with Gasteiger partial charge in [0.25, 0.3) is 0 Å². The lowest BCUT2D eigenvalue weighted by molar-refractivity contribution is 1.33. The van der Waals surface area contributed by atoms with Gasteiger partial charge in [0.2, 0.25) is 0 Å². The Morgan fingerprint density at radius 1 is 0.870 bits per heavy atom. The van der Waals surface area contributed by atoms with Crippen LogP contribution in [0.2, 0.25) is 0 Å². The molecule has 0 amide bonds. The van der Waals surface area contributed by atoms with Gasteiger partial charge in [0.05, 0.1) is 11.3 Å². The Bertz CT molecular complexity index is 1010. The van der Waals surface area contributed by atoms with E-state index in [2.05, 4.69) is 16.0 Å². The van der Waals surface area contributed by atoms with Crippen molar-refractivity contribution in [3.63, 3.8) is 0 Å². The van der Waals surface area contributed by atoms with Crippen LogP contribution in [0.15, 0.2) is 73.1 Å². The van der Waals surface area contributed by atoms with E-state index in [0.717, 1.165) is 33.3 Å². The third-order valence-electron chi connectivity index (χ3n) is 3.97. The van der Waals surface area contributed by atoms with Gasteiger partial charge in [-0.25, -0.2) is 0 Å². The highest BCUT2D eigenvalue weighted by molar-refractivity contribution is 5.96. The zero-order chi connectivity index (χ0) is 15.6. The van der Waals surface area contributed by atoms with Gasteiger partial charge in [-0.15, -0.1) is 0 Å². The van der Waals surface area contributed by atoms with Crippen molar-refractivity contribution in [1.29, 1.82) is 5.26 Å². The highest BCUT2D eigenvalue weighted by Gasteiger charge is 2.13. The molecule has 0 fully saturated rings. The second kappa shape index (κ2) is 5.43. The second-order valence-electron chi connectivity index (χ2n) is 5.35. The molecule has 2 heterocycles. The van der Waals surface area contributed by atoms with Gasteiger partial charge >= 0.3 is 0 Å². The maximum atomic E-state index is 9.65. The first-order valence-corrected chi connectivity index (χ1v) is 7.38.